The minimum atomic E-state index is -0.134. The van der Waals surface area contributed by atoms with Crippen molar-refractivity contribution in [2.75, 3.05) is 19.8 Å². The molecule has 0 unspecified atom stereocenters. The standard InChI is InChI=1S/C20H24N4O3/c1-3-26-16-11-10-15(14-17(16)27-4-2)20(25)21-12-7-9-19-23-22-18-8-5-6-13-24(18)19/h5-6,8,10-11,13-14H,3-4,7,9,12H2,1-2H3,(H,21,25). The Morgan fingerprint density at radius 1 is 1.07 bits per heavy atom. The number of benzene rings is 1. The van der Waals surface area contributed by atoms with E-state index in [4.69, 9.17) is 9.47 Å². The average Bonchev–Trinajstić information content (AvgIpc) is 3.10. The van der Waals surface area contributed by atoms with Crippen molar-refractivity contribution < 1.29 is 14.3 Å². The van der Waals surface area contributed by atoms with Gasteiger partial charge in [0.2, 0.25) is 0 Å². The van der Waals surface area contributed by atoms with Gasteiger partial charge in [0.05, 0.1) is 13.2 Å². The molecule has 2 heterocycles. The second kappa shape index (κ2) is 9.02. The van der Waals surface area contributed by atoms with Gasteiger partial charge in [-0.15, -0.1) is 10.2 Å². The monoisotopic (exact) mass is 368 g/mol. The van der Waals surface area contributed by atoms with Crippen LogP contribution < -0.4 is 14.8 Å². The zero-order chi connectivity index (χ0) is 19.1. The summed E-state index contributed by atoms with van der Waals surface area (Å²) in [6.45, 7) is 5.42. The van der Waals surface area contributed by atoms with Crippen molar-refractivity contribution in [2.24, 2.45) is 0 Å². The molecule has 1 N–H and O–H groups in total. The van der Waals surface area contributed by atoms with Crippen LogP contribution in [0.3, 0.4) is 0 Å². The minimum absolute atomic E-state index is 0.134. The number of pyridine rings is 1. The maximum atomic E-state index is 12.4. The Labute approximate surface area is 158 Å². The van der Waals surface area contributed by atoms with Gasteiger partial charge in [0.25, 0.3) is 5.91 Å². The van der Waals surface area contributed by atoms with Crippen LogP contribution in [0.4, 0.5) is 0 Å². The van der Waals surface area contributed by atoms with Gasteiger partial charge in [0, 0.05) is 24.7 Å². The fourth-order valence-corrected chi connectivity index (χ4v) is 2.80. The minimum Gasteiger partial charge on any atom is -0.490 e. The van der Waals surface area contributed by atoms with Crippen LogP contribution in [0.1, 0.15) is 36.5 Å². The van der Waals surface area contributed by atoms with E-state index >= 15 is 0 Å². The quantitative estimate of drug-likeness (QED) is 0.588. The number of ether oxygens (including phenoxy) is 2. The first-order chi connectivity index (χ1) is 13.2. The topological polar surface area (TPSA) is 77.8 Å². The molecular weight excluding hydrogens is 344 g/mol. The Balaban J connectivity index is 1.55. The Hall–Kier alpha value is -3.09. The molecule has 3 aromatic rings. The number of amides is 1. The first-order valence-electron chi connectivity index (χ1n) is 9.19. The van der Waals surface area contributed by atoms with Crippen molar-refractivity contribution in [3.63, 3.8) is 0 Å². The third-order valence-electron chi connectivity index (χ3n) is 4.05. The van der Waals surface area contributed by atoms with Gasteiger partial charge in [-0.1, -0.05) is 6.07 Å². The van der Waals surface area contributed by atoms with Gasteiger partial charge >= 0.3 is 0 Å². The van der Waals surface area contributed by atoms with E-state index in [-0.39, 0.29) is 5.91 Å². The normalized spacial score (nSPS) is 10.7. The lowest BCUT2D eigenvalue weighted by Gasteiger charge is -2.12. The number of aryl methyl sites for hydroxylation is 1. The van der Waals surface area contributed by atoms with E-state index in [2.05, 4.69) is 15.5 Å². The molecule has 27 heavy (non-hydrogen) atoms. The molecule has 0 aliphatic rings. The number of fused-ring (bicyclic) bond motifs is 1. The molecule has 1 aromatic carbocycles. The summed E-state index contributed by atoms with van der Waals surface area (Å²) in [5.74, 6) is 1.99. The highest BCUT2D eigenvalue weighted by atomic mass is 16.5. The molecule has 0 saturated heterocycles. The third kappa shape index (κ3) is 4.55. The van der Waals surface area contributed by atoms with Crippen LogP contribution in [-0.4, -0.2) is 40.3 Å². The molecule has 3 rings (SSSR count). The molecule has 0 saturated carbocycles. The van der Waals surface area contributed by atoms with Crippen molar-refractivity contribution in [1.82, 2.24) is 19.9 Å². The number of nitrogens with one attached hydrogen (secondary N) is 1. The summed E-state index contributed by atoms with van der Waals surface area (Å²) in [6.07, 6.45) is 3.45. The van der Waals surface area contributed by atoms with Crippen molar-refractivity contribution in [2.45, 2.75) is 26.7 Å². The molecule has 0 aliphatic carbocycles. The van der Waals surface area contributed by atoms with E-state index in [0.717, 1.165) is 24.3 Å². The van der Waals surface area contributed by atoms with E-state index in [9.17, 15) is 4.79 Å². The second-order valence-electron chi connectivity index (χ2n) is 5.93. The lowest BCUT2D eigenvalue weighted by atomic mass is 10.2. The predicted octanol–water partition coefficient (Wildman–Crippen LogP) is 2.89. The molecule has 142 valence electrons. The van der Waals surface area contributed by atoms with Crippen molar-refractivity contribution >= 4 is 11.6 Å². The zero-order valence-corrected chi connectivity index (χ0v) is 15.6. The summed E-state index contributed by atoms with van der Waals surface area (Å²) in [5, 5.41) is 11.3. The van der Waals surface area contributed by atoms with Crippen molar-refractivity contribution in [3.8, 4) is 11.5 Å². The van der Waals surface area contributed by atoms with Crippen LogP contribution >= 0.6 is 0 Å². The molecule has 0 radical (unpaired) electrons. The summed E-state index contributed by atoms with van der Waals surface area (Å²) in [5.41, 5.74) is 1.38. The zero-order valence-electron chi connectivity index (χ0n) is 15.6. The average molecular weight is 368 g/mol. The number of rotatable bonds is 9. The van der Waals surface area contributed by atoms with Crippen LogP contribution in [-0.2, 0) is 6.42 Å². The van der Waals surface area contributed by atoms with E-state index < -0.39 is 0 Å². The number of carbonyl (C=O) groups is 1. The largest absolute Gasteiger partial charge is 0.490 e. The Bertz CT molecular complexity index is 907. The number of nitrogens with zero attached hydrogens (tertiary/aromatic N) is 3. The van der Waals surface area contributed by atoms with Crippen LogP contribution in [0.25, 0.3) is 5.65 Å². The summed E-state index contributed by atoms with van der Waals surface area (Å²) in [7, 11) is 0. The third-order valence-corrected chi connectivity index (χ3v) is 4.05. The highest BCUT2D eigenvalue weighted by Gasteiger charge is 2.11. The number of hydrogen-bond acceptors (Lipinski definition) is 5. The van der Waals surface area contributed by atoms with Gasteiger partial charge in [-0.25, -0.2) is 0 Å². The predicted molar refractivity (Wildman–Crippen MR) is 102 cm³/mol. The molecule has 0 aliphatic heterocycles. The lowest BCUT2D eigenvalue weighted by Crippen LogP contribution is -2.25. The van der Waals surface area contributed by atoms with Crippen LogP contribution in [0.5, 0.6) is 11.5 Å². The molecule has 7 heteroatoms. The van der Waals surface area contributed by atoms with Gasteiger partial charge in [-0.2, -0.15) is 0 Å². The van der Waals surface area contributed by atoms with Gasteiger partial charge in [-0.05, 0) is 50.6 Å². The molecule has 7 nitrogen and oxygen atoms in total. The fraction of sp³-hybridized carbons (Fsp3) is 0.350. The smallest absolute Gasteiger partial charge is 0.251 e. The van der Waals surface area contributed by atoms with Gasteiger partial charge in [0.15, 0.2) is 17.1 Å². The van der Waals surface area contributed by atoms with Crippen LogP contribution in [0.15, 0.2) is 42.6 Å². The molecule has 0 fully saturated rings. The molecular formula is C20H24N4O3. The second-order valence-corrected chi connectivity index (χ2v) is 5.93. The first-order valence-corrected chi connectivity index (χ1v) is 9.19. The Kier molecular flexibility index (Phi) is 6.25. The maximum Gasteiger partial charge on any atom is 0.251 e. The summed E-state index contributed by atoms with van der Waals surface area (Å²) in [6, 6.07) is 11.0. The van der Waals surface area contributed by atoms with Crippen LogP contribution in [0, 0.1) is 0 Å². The van der Waals surface area contributed by atoms with E-state index in [0.29, 0.717) is 36.8 Å². The summed E-state index contributed by atoms with van der Waals surface area (Å²) < 4.78 is 13.1. The Morgan fingerprint density at radius 3 is 2.70 bits per heavy atom. The fourth-order valence-electron chi connectivity index (χ4n) is 2.80. The first kappa shape index (κ1) is 18.7. The van der Waals surface area contributed by atoms with Gasteiger partial charge in [0.1, 0.15) is 5.82 Å². The van der Waals surface area contributed by atoms with Gasteiger partial charge in [-0.3, -0.25) is 9.20 Å². The highest BCUT2D eigenvalue weighted by Crippen LogP contribution is 2.28. The maximum absolute atomic E-state index is 12.4. The van der Waals surface area contributed by atoms with Crippen molar-refractivity contribution in [3.05, 3.63) is 54.0 Å². The molecule has 1 amide bonds. The van der Waals surface area contributed by atoms with E-state index in [1.165, 1.54) is 0 Å². The van der Waals surface area contributed by atoms with E-state index in [1.54, 1.807) is 18.2 Å². The molecule has 2 aromatic heterocycles. The number of aromatic nitrogens is 3. The lowest BCUT2D eigenvalue weighted by molar-refractivity contribution is 0.0952. The number of carbonyl (C=O) groups excluding carboxylic acids is 1. The van der Waals surface area contributed by atoms with Gasteiger partial charge < -0.3 is 14.8 Å². The Morgan fingerprint density at radius 2 is 1.89 bits per heavy atom. The molecule has 0 bridgehead atoms. The van der Waals surface area contributed by atoms with Crippen molar-refractivity contribution in [1.29, 1.82) is 0 Å². The van der Waals surface area contributed by atoms with Crippen LogP contribution in [0.2, 0.25) is 0 Å². The number of hydrogen-bond donors (Lipinski definition) is 1. The SMILES string of the molecule is CCOc1ccc(C(=O)NCCCc2nnc3ccccn23)cc1OCC. The summed E-state index contributed by atoms with van der Waals surface area (Å²) >= 11 is 0. The molecule has 0 spiro atoms. The molecule has 0 atom stereocenters. The highest BCUT2D eigenvalue weighted by molar-refractivity contribution is 5.94. The van der Waals surface area contributed by atoms with E-state index in [1.807, 2.05) is 42.6 Å². The summed E-state index contributed by atoms with van der Waals surface area (Å²) in [4.78, 5) is 12.4.